The van der Waals surface area contributed by atoms with Crippen LogP contribution in [0.4, 0.5) is 0 Å². The van der Waals surface area contributed by atoms with E-state index in [1.807, 2.05) is 53.4 Å². The van der Waals surface area contributed by atoms with E-state index in [9.17, 15) is 0 Å². The molecule has 0 spiro atoms. The number of benzene rings is 2. The minimum Gasteiger partial charge on any atom is -0.261 e. The highest BCUT2D eigenvalue weighted by Gasteiger charge is 2.06. The van der Waals surface area contributed by atoms with Gasteiger partial charge in [0.2, 0.25) is 4.80 Å². The Morgan fingerprint density at radius 3 is 2.64 bits per heavy atom. The van der Waals surface area contributed by atoms with Crippen molar-refractivity contribution in [3.05, 3.63) is 74.8 Å². The van der Waals surface area contributed by atoms with E-state index in [-0.39, 0.29) is 0 Å². The van der Waals surface area contributed by atoms with Gasteiger partial charge < -0.3 is 0 Å². The van der Waals surface area contributed by atoms with Crippen LogP contribution in [0.3, 0.4) is 0 Å². The highest BCUT2D eigenvalue weighted by Crippen LogP contribution is 2.19. The Morgan fingerprint density at radius 2 is 1.91 bits per heavy atom. The molecule has 0 unspecified atom stereocenters. The molecule has 22 heavy (non-hydrogen) atoms. The SMILES string of the molecule is CN=c1scc(-c2ccccc2)n1/N=C\c1cccc(Br)c1. The third-order valence-corrected chi connectivity index (χ3v) is 4.52. The summed E-state index contributed by atoms with van der Waals surface area (Å²) in [6.07, 6.45) is 1.85. The van der Waals surface area contributed by atoms with E-state index in [2.05, 4.69) is 43.5 Å². The molecular weight excluding hydrogens is 358 g/mol. The Kier molecular flexibility index (Phi) is 4.65. The van der Waals surface area contributed by atoms with Crippen molar-refractivity contribution in [1.29, 1.82) is 0 Å². The molecule has 0 atom stereocenters. The van der Waals surface area contributed by atoms with Crippen LogP contribution in [-0.2, 0) is 0 Å². The van der Waals surface area contributed by atoms with Crippen LogP contribution in [0.2, 0.25) is 0 Å². The number of nitrogens with zero attached hydrogens (tertiary/aromatic N) is 3. The lowest BCUT2D eigenvalue weighted by molar-refractivity contribution is 0.848. The largest absolute Gasteiger partial charge is 0.261 e. The maximum atomic E-state index is 4.61. The second kappa shape index (κ2) is 6.85. The van der Waals surface area contributed by atoms with Crippen LogP contribution >= 0.6 is 27.3 Å². The molecule has 110 valence electrons. The van der Waals surface area contributed by atoms with Gasteiger partial charge in [-0.3, -0.25) is 4.99 Å². The van der Waals surface area contributed by atoms with Crippen molar-refractivity contribution in [2.75, 3.05) is 7.05 Å². The van der Waals surface area contributed by atoms with E-state index in [4.69, 9.17) is 0 Å². The summed E-state index contributed by atoms with van der Waals surface area (Å²) in [5.74, 6) is 0. The molecule has 0 amide bonds. The molecule has 0 saturated heterocycles. The van der Waals surface area contributed by atoms with Gasteiger partial charge in [0.15, 0.2) is 0 Å². The normalized spacial score (nSPS) is 12.2. The lowest BCUT2D eigenvalue weighted by atomic mass is 10.2. The summed E-state index contributed by atoms with van der Waals surface area (Å²) < 4.78 is 2.91. The van der Waals surface area contributed by atoms with Crippen molar-refractivity contribution in [3.8, 4) is 11.3 Å². The van der Waals surface area contributed by atoms with E-state index < -0.39 is 0 Å². The molecule has 0 saturated carbocycles. The zero-order chi connectivity index (χ0) is 15.4. The molecule has 0 radical (unpaired) electrons. The molecule has 3 nitrogen and oxygen atoms in total. The first kappa shape index (κ1) is 14.9. The van der Waals surface area contributed by atoms with Gasteiger partial charge >= 0.3 is 0 Å². The van der Waals surface area contributed by atoms with Crippen LogP contribution in [0.1, 0.15) is 5.56 Å². The molecule has 0 aliphatic carbocycles. The summed E-state index contributed by atoms with van der Waals surface area (Å²) in [6, 6.07) is 18.3. The molecule has 0 fully saturated rings. The Bertz CT molecular complexity index is 863. The monoisotopic (exact) mass is 371 g/mol. The number of thiazole rings is 1. The van der Waals surface area contributed by atoms with Crippen LogP contribution in [0.15, 0.2) is 74.5 Å². The number of aromatic nitrogens is 1. The van der Waals surface area contributed by atoms with Crippen LogP contribution in [0.5, 0.6) is 0 Å². The number of hydrogen-bond acceptors (Lipinski definition) is 3. The van der Waals surface area contributed by atoms with Crippen LogP contribution in [0, 0.1) is 0 Å². The van der Waals surface area contributed by atoms with Gasteiger partial charge in [0.05, 0.1) is 11.9 Å². The third-order valence-electron chi connectivity index (χ3n) is 3.12. The second-order valence-electron chi connectivity index (χ2n) is 4.60. The first-order chi connectivity index (χ1) is 10.8. The van der Waals surface area contributed by atoms with E-state index in [0.29, 0.717) is 0 Å². The maximum Gasteiger partial charge on any atom is 0.205 e. The number of rotatable bonds is 3. The lowest BCUT2D eigenvalue weighted by Gasteiger charge is -2.03. The zero-order valence-corrected chi connectivity index (χ0v) is 14.4. The van der Waals surface area contributed by atoms with Crippen molar-refractivity contribution in [1.82, 2.24) is 4.68 Å². The molecule has 0 aliphatic heterocycles. The predicted molar refractivity (Wildman–Crippen MR) is 96.4 cm³/mol. The minimum atomic E-state index is 0.866. The number of hydrogen-bond donors (Lipinski definition) is 0. The lowest BCUT2D eigenvalue weighted by Crippen LogP contribution is -2.11. The molecule has 1 heterocycles. The van der Waals surface area contributed by atoms with Gasteiger partial charge in [-0.15, -0.1) is 11.3 Å². The molecule has 2 aromatic carbocycles. The van der Waals surface area contributed by atoms with Crippen LogP contribution < -0.4 is 4.80 Å². The Morgan fingerprint density at radius 1 is 1.09 bits per heavy atom. The first-order valence-corrected chi connectivity index (χ1v) is 8.44. The van der Waals surface area contributed by atoms with E-state index in [1.54, 1.807) is 18.4 Å². The Balaban J connectivity index is 2.05. The van der Waals surface area contributed by atoms with Gasteiger partial charge in [-0.25, -0.2) is 4.68 Å². The molecule has 5 heteroatoms. The average Bonchev–Trinajstić information content (AvgIpc) is 2.97. The van der Waals surface area contributed by atoms with Gasteiger partial charge in [-0.1, -0.05) is 58.4 Å². The smallest absolute Gasteiger partial charge is 0.205 e. The van der Waals surface area contributed by atoms with E-state index >= 15 is 0 Å². The summed E-state index contributed by atoms with van der Waals surface area (Å²) in [6.45, 7) is 0. The number of halogens is 1. The predicted octanol–water partition coefficient (Wildman–Crippen LogP) is 4.39. The van der Waals surface area contributed by atoms with Crippen molar-refractivity contribution >= 4 is 33.5 Å². The van der Waals surface area contributed by atoms with E-state index in [1.165, 1.54) is 0 Å². The van der Waals surface area contributed by atoms with Gasteiger partial charge in [-0.05, 0) is 17.7 Å². The zero-order valence-electron chi connectivity index (χ0n) is 12.0. The Hall–Kier alpha value is -1.98. The standard InChI is InChI=1S/C17H14BrN3S/c1-19-17-21(20-11-13-6-5-9-15(18)10-13)16(12-22-17)14-7-3-2-4-8-14/h2-12H,1H3/b19-17?,20-11-. The topological polar surface area (TPSA) is 29.6 Å². The van der Waals surface area contributed by atoms with Crippen molar-refractivity contribution in [2.45, 2.75) is 0 Å². The minimum absolute atomic E-state index is 0.866. The first-order valence-electron chi connectivity index (χ1n) is 6.76. The van der Waals surface area contributed by atoms with Crippen LogP contribution in [-0.4, -0.2) is 17.9 Å². The molecule has 3 rings (SSSR count). The summed E-state index contributed by atoms with van der Waals surface area (Å²) >= 11 is 5.06. The molecule has 1 aromatic heterocycles. The molecular formula is C17H14BrN3S. The van der Waals surface area contributed by atoms with Gasteiger partial charge in [-0.2, -0.15) is 5.10 Å². The molecule has 3 aromatic rings. The fraction of sp³-hybridized carbons (Fsp3) is 0.0588. The van der Waals surface area contributed by atoms with Gasteiger partial charge in [0.1, 0.15) is 0 Å². The third kappa shape index (κ3) is 3.26. The Labute approximate surface area is 141 Å². The second-order valence-corrected chi connectivity index (χ2v) is 6.36. The summed E-state index contributed by atoms with van der Waals surface area (Å²) in [5.41, 5.74) is 3.20. The van der Waals surface area contributed by atoms with E-state index in [0.717, 1.165) is 26.1 Å². The fourth-order valence-corrected chi connectivity index (χ4v) is 3.30. The van der Waals surface area contributed by atoms with Crippen molar-refractivity contribution in [3.63, 3.8) is 0 Å². The summed E-state index contributed by atoms with van der Waals surface area (Å²) in [5, 5.41) is 6.69. The van der Waals surface area contributed by atoms with Crippen molar-refractivity contribution < 1.29 is 0 Å². The quantitative estimate of drug-likeness (QED) is 0.611. The summed E-state index contributed by atoms with van der Waals surface area (Å²) in [7, 11) is 1.78. The van der Waals surface area contributed by atoms with Crippen LogP contribution in [0.25, 0.3) is 11.3 Å². The van der Waals surface area contributed by atoms with Gasteiger partial charge in [0, 0.05) is 22.5 Å². The highest BCUT2D eigenvalue weighted by atomic mass is 79.9. The molecule has 0 aliphatic rings. The average molecular weight is 372 g/mol. The maximum absolute atomic E-state index is 4.61. The molecule has 0 N–H and O–H groups in total. The summed E-state index contributed by atoms with van der Waals surface area (Å²) in [4.78, 5) is 5.17. The highest BCUT2D eigenvalue weighted by molar-refractivity contribution is 9.10. The van der Waals surface area contributed by atoms with Crippen molar-refractivity contribution in [2.24, 2.45) is 10.1 Å². The fourth-order valence-electron chi connectivity index (χ4n) is 2.08. The van der Waals surface area contributed by atoms with Gasteiger partial charge in [0.25, 0.3) is 0 Å². The molecule has 0 bridgehead atoms.